The van der Waals surface area contributed by atoms with Crippen LogP contribution in [0.1, 0.15) is 55.6 Å². The van der Waals surface area contributed by atoms with Crippen LogP contribution in [0, 0.1) is 0 Å². The molecule has 0 spiro atoms. The average molecular weight is 567 g/mol. The molecule has 0 radical (unpaired) electrons. The van der Waals surface area contributed by atoms with Crippen LogP contribution in [0.2, 0.25) is 5.02 Å². The monoisotopic (exact) mass is 566 g/mol. The molecule has 4 heterocycles. The van der Waals surface area contributed by atoms with E-state index in [9.17, 15) is 4.79 Å². The lowest BCUT2D eigenvalue weighted by atomic mass is 10.1. The summed E-state index contributed by atoms with van der Waals surface area (Å²) in [5.41, 5.74) is 8.16. The lowest BCUT2D eigenvalue weighted by Gasteiger charge is -2.26. The first-order chi connectivity index (χ1) is 19.0. The zero-order valence-electron chi connectivity index (χ0n) is 22.3. The summed E-state index contributed by atoms with van der Waals surface area (Å²) >= 11 is 7.87. The number of fused-ring (bicyclic) bond motifs is 1. The third-order valence-corrected chi connectivity index (χ3v) is 8.55. The number of ether oxygens (including phenoxy) is 2. The molecule has 0 aliphatic carbocycles. The number of carbonyl (C=O) groups is 1. The van der Waals surface area contributed by atoms with Crippen molar-refractivity contribution < 1.29 is 14.3 Å². The molecule has 0 bridgehead atoms. The maximum Gasteiger partial charge on any atom is 0.222 e. The second kappa shape index (κ2) is 12.9. The Labute approximate surface area is 238 Å². The molecule has 1 aliphatic heterocycles. The smallest absolute Gasteiger partial charge is 0.222 e. The molecule has 0 saturated carbocycles. The van der Waals surface area contributed by atoms with E-state index in [-0.39, 0.29) is 12.5 Å². The maximum atomic E-state index is 11.8. The van der Waals surface area contributed by atoms with Gasteiger partial charge in [-0.25, -0.2) is 4.98 Å². The average Bonchev–Trinajstić information content (AvgIpc) is 3.52. The molecule has 2 N–H and O–H groups in total. The number of thiophene rings is 1. The van der Waals surface area contributed by atoms with Crippen LogP contribution >= 0.6 is 22.9 Å². The summed E-state index contributed by atoms with van der Waals surface area (Å²) in [5.74, 6) is 1.02. The molecule has 4 aromatic rings. The highest BCUT2D eigenvalue weighted by Gasteiger charge is 2.20. The molecule has 39 heavy (non-hydrogen) atoms. The number of carbonyl (C=O) groups excluding carboxylic acids is 1. The van der Waals surface area contributed by atoms with Crippen molar-refractivity contribution >= 4 is 34.5 Å². The number of imidazole rings is 1. The molecule has 1 unspecified atom stereocenters. The number of halogens is 1. The first-order valence-corrected chi connectivity index (χ1v) is 14.8. The number of aromatic nitrogens is 2. The summed E-state index contributed by atoms with van der Waals surface area (Å²) in [7, 11) is 0. The summed E-state index contributed by atoms with van der Waals surface area (Å²) in [6.45, 7) is 6.24. The number of unbranched alkanes of at least 4 members (excludes halogenated alkanes) is 1. The van der Waals surface area contributed by atoms with E-state index in [1.165, 1.54) is 43.7 Å². The van der Waals surface area contributed by atoms with Crippen molar-refractivity contribution in [2.75, 3.05) is 26.2 Å². The van der Waals surface area contributed by atoms with Gasteiger partial charge in [-0.3, -0.25) is 9.20 Å². The Bertz CT molecular complexity index is 1410. The van der Waals surface area contributed by atoms with E-state index in [1.54, 1.807) is 0 Å². The molecule has 5 rings (SSSR count). The molecule has 1 amide bonds. The number of rotatable bonds is 12. The van der Waals surface area contributed by atoms with Crippen molar-refractivity contribution in [3.63, 3.8) is 0 Å². The van der Waals surface area contributed by atoms with Gasteiger partial charge < -0.3 is 20.1 Å². The summed E-state index contributed by atoms with van der Waals surface area (Å²) in [6, 6.07) is 13.5. The van der Waals surface area contributed by atoms with Crippen LogP contribution < -0.4 is 15.2 Å². The van der Waals surface area contributed by atoms with Gasteiger partial charge in [-0.1, -0.05) is 36.2 Å². The van der Waals surface area contributed by atoms with E-state index < -0.39 is 5.91 Å². The first-order valence-electron chi connectivity index (χ1n) is 13.6. The number of nitrogens with two attached hydrogens (primary N) is 1. The van der Waals surface area contributed by atoms with Crippen molar-refractivity contribution in [2.24, 2.45) is 5.73 Å². The van der Waals surface area contributed by atoms with Gasteiger partial charge in [-0.15, -0.1) is 11.3 Å². The number of piperidine rings is 1. The summed E-state index contributed by atoms with van der Waals surface area (Å²) in [6.07, 6.45) is 9.79. The summed E-state index contributed by atoms with van der Waals surface area (Å²) < 4.78 is 14.4. The van der Waals surface area contributed by atoms with Crippen molar-refractivity contribution in [1.29, 1.82) is 0 Å². The second-order valence-electron chi connectivity index (χ2n) is 10.0. The Hall–Kier alpha value is -3.07. The van der Waals surface area contributed by atoms with Crippen LogP contribution in [0.15, 0.2) is 54.9 Å². The Kier molecular flexibility index (Phi) is 9.06. The Morgan fingerprint density at radius 3 is 2.77 bits per heavy atom. The van der Waals surface area contributed by atoms with Crippen LogP contribution in [0.3, 0.4) is 0 Å². The number of amides is 1. The third-order valence-electron chi connectivity index (χ3n) is 7.07. The van der Waals surface area contributed by atoms with E-state index in [4.69, 9.17) is 26.8 Å². The highest BCUT2D eigenvalue weighted by molar-refractivity contribution is 7.15. The van der Waals surface area contributed by atoms with Crippen LogP contribution in [0.25, 0.3) is 16.2 Å². The van der Waals surface area contributed by atoms with Crippen molar-refractivity contribution in [2.45, 2.75) is 51.6 Å². The highest BCUT2D eigenvalue weighted by Crippen LogP contribution is 2.39. The quantitative estimate of drug-likeness (QED) is 0.197. The molecule has 1 fully saturated rings. The molecule has 1 aromatic carbocycles. The number of nitrogens with zero attached hydrogens (tertiary/aromatic N) is 3. The first kappa shape index (κ1) is 27.5. The SMILES string of the molecule is CC(Oc1cc(-c2cnc3ccc(OCCCCN4CCCCC4)cn23)sc1CC(N)=O)c1ccccc1Cl. The zero-order chi connectivity index (χ0) is 27.2. The standard InChI is InChI=1S/C30H35ClN4O3S/c1-21(23-9-3-4-10-24(23)31)38-26-17-27(39-28(26)18-29(32)36)25-19-33-30-12-11-22(20-35(25)30)37-16-8-7-15-34-13-5-2-6-14-34/h3-4,9-12,17,19-21H,2,5-8,13-16,18H2,1H3,(H2,32,36). The fourth-order valence-corrected chi connectivity index (χ4v) is 6.42. The largest absolute Gasteiger partial charge is 0.492 e. The normalized spacial score (nSPS) is 14.9. The highest BCUT2D eigenvalue weighted by atomic mass is 35.5. The number of pyridine rings is 1. The fraction of sp³-hybridized carbons (Fsp3) is 0.400. The van der Waals surface area contributed by atoms with Gasteiger partial charge in [0.1, 0.15) is 23.3 Å². The van der Waals surface area contributed by atoms with Gasteiger partial charge in [-0.05, 0) is 70.4 Å². The number of benzene rings is 1. The molecular weight excluding hydrogens is 532 g/mol. The molecule has 3 aromatic heterocycles. The molecule has 1 aliphatic rings. The predicted molar refractivity (Wildman–Crippen MR) is 157 cm³/mol. The minimum atomic E-state index is -0.409. The number of primary amides is 1. The van der Waals surface area contributed by atoms with Crippen LogP contribution in [-0.4, -0.2) is 46.4 Å². The Balaban J connectivity index is 1.30. The minimum Gasteiger partial charge on any atom is -0.492 e. The number of hydrogen-bond donors (Lipinski definition) is 1. The van der Waals surface area contributed by atoms with Gasteiger partial charge in [-0.2, -0.15) is 0 Å². The van der Waals surface area contributed by atoms with Gasteiger partial charge in [0.05, 0.1) is 40.9 Å². The number of hydrogen-bond acceptors (Lipinski definition) is 6. The van der Waals surface area contributed by atoms with E-state index in [0.29, 0.717) is 17.4 Å². The van der Waals surface area contributed by atoms with Crippen LogP contribution in [-0.2, 0) is 11.2 Å². The molecule has 206 valence electrons. The molecule has 7 nitrogen and oxygen atoms in total. The lowest BCUT2D eigenvalue weighted by Crippen LogP contribution is -2.30. The lowest BCUT2D eigenvalue weighted by molar-refractivity contribution is -0.117. The van der Waals surface area contributed by atoms with Gasteiger partial charge in [0.15, 0.2) is 0 Å². The second-order valence-corrected chi connectivity index (χ2v) is 11.6. The fourth-order valence-electron chi connectivity index (χ4n) is 5.02. The zero-order valence-corrected chi connectivity index (χ0v) is 23.8. The van der Waals surface area contributed by atoms with Crippen LogP contribution in [0.4, 0.5) is 0 Å². The number of likely N-dealkylation sites (tertiary alicyclic amines) is 1. The van der Waals surface area contributed by atoms with Gasteiger partial charge in [0, 0.05) is 16.7 Å². The van der Waals surface area contributed by atoms with E-state index in [2.05, 4.69) is 9.88 Å². The van der Waals surface area contributed by atoms with Crippen LogP contribution in [0.5, 0.6) is 11.5 Å². The predicted octanol–water partition coefficient (Wildman–Crippen LogP) is 6.53. The Morgan fingerprint density at radius 1 is 1.15 bits per heavy atom. The maximum absolute atomic E-state index is 11.8. The molecule has 1 saturated heterocycles. The molecule has 9 heteroatoms. The van der Waals surface area contributed by atoms with Crippen molar-refractivity contribution in [1.82, 2.24) is 14.3 Å². The summed E-state index contributed by atoms with van der Waals surface area (Å²) in [5, 5.41) is 0.637. The van der Waals surface area contributed by atoms with Crippen molar-refractivity contribution in [3.8, 4) is 22.1 Å². The topological polar surface area (TPSA) is 82.1 Å². The molecule has 1 atom stereocenters. The minimum absolute atomic E-state index is 0.0950. The Morgan fingerprint density at radius 2 is 1.97 bits per heavy atom. The third kappa shape index (κ3) is 6.93. The van der Waals surface area contributed by atoms with E-state index in [1.807, 2.05) is 66.2 Å². The van der Waals surface area contributed by atoms with E-state index in [0.717, 1.165) is 51.8 Å². The van der Waals surface area contributed by atoms with Gasteiger partial charge in [0.25, 0.3) is 0 Å². The molecular formula is C30H35ClN4O3S. The van der Waals surface area contributed by atoms with Gasteiger partial charge in [0.2, 0.25) is 5.91 Å². The van der Waals surface area contributed by atoms with E-state index >= 15 is 0 Å². The summed E-state index contributed by atoms with van der Waals surface area (Å²) in [4.78, 5) is 20.7. The van der Waals surface area contributed by atoms with Gasteiger partial charge >= 0.3 is 0 Å². The van der Waals surface area contributed by atoms with Crippen molar-refractivity contribution in [3.05, 3.63) is 70.3 Å².